The van der Waals surface area contributed by atoms with Crippen molar-refractivity contribution in [3.63, 3.8) is 0 Å². The summed E-state index contributed by atoms with van der Waals surface area (Å²) in [5.74, 6) is 1.43. The Morgan fingerprint density at radius 2 is 1.84 bits per heavy atom. The zero-order valence-electron chi connectivity index (χ0n) is 17.9. The monoisotopic (exact) mass is 423 g/mol. The molecule has 8 nitrogen and oxygen atoms in total. The highest BCUT2D eigenvalue weighted by molar-refractivity contribution is 6.09. The molecule has 5 rings (SSSR count). The number of amides is 4. The number of rotatable bonds is 3. The molecule has 1 aliphatic carbocycles. The van der Waals surface area contributed by atoms with Gasteiger partial charge in [-0.3, -0.25) is 14.5 Å². The van der Waals surface area contributed by atoms with Gasteiger partial charge in [-0.05, 0) is 56.6 Å². The number of hydrogen-bond acceptors (Lipinski definition) is 4. The van der Waals surface area contributed by atoms with Crippen LogP contribution >= 0.6 is 0 Å². The molecule has 1 spiro atoms. The number of H-pyrrole nitrogens is 1. The normalized spacial score (nSPS) is 27.3. The molecular formula is C23H29N5O3. The van der Waals surface area contributed by atoms with E-state index in [1.165, 1.54) is 0 Å². The van der Waals surface area contributed by atoms with Crippen molar-refractivity contribution in [2.45, 2.75) is 56.9 Å². The van der Waals surface area contributed by atoms with E-state index in [9.17, 15) is 14.4 Å². The van der Waals surface area contributed by atoms with E-state index in [1.807, 2.05) is 24.3 Å². The fourth-order valence-corrected chi connectivity index (χ4v) is 5.22. The fraction of sp³-hybridized carbons (Fsp3) is 0.565. The number of aromatic nitrogens is 2. The molecule has 0 unspecified atom stereocenters. The SMILES string of the molecule is CC1CCC2(CC1)NC(=O)N(CC(=O)N1CCC(c3nc4ccccc4[nH]3)CC1)C2=O. The molecule has 3 fully saturated rings. The number of urea groups is 1. The van der Waals surface area contributed by atoms with E-state index in [0.717, 1.165) is 47.4 Å². The summed E-state index contributed by atoms with van der Waals surface area (Å²) in [6.45, 7) is 3.21. The number of nitrogens with zero attached hydrogens (tertiary/aromatic N) is 3. The summed E-state index contributed by atoms with van der Waals surface area (Å²) >= 11 is 0. The van der Waals surface area contributed by atoms with E-state index >= 15 is 0 Å². The van der Waals surface area contributed by atoms with Crippen LogP contribution in [-0.4, -0.2) is 62.8 Å². The van der Waals surface area contributed by atoms with E-state index in [4.69, 9.17) is 4.98 Å². The lowest BCUT2D eigenvalue weighted by Crippen LogP contribution is -2.50. The number of nitrogens with one attached hydrogen (secondary N) is 2. The summed E-state index contributed by atoms with van der Waals surface area (Å²) in [6.07, 6.45) is 4.78. The number of hydrogen-bond donors (Lipinski definition) is 2. The lowest BCUT2D eigenvalue weighted by molar-refractivity contribution is -0.140. The number of fused-ring (bicyclic) bond motifs is 1. The molecule has 4 amide bonds. The standard InChI is InChI=1S/C23H29N5O3/c1-15-6-10-23(11-7-15)21(30)28(22(31)26-23)14-19(29)27-12-8-16(9-13-27)20-24-17-4-2-3-5-18(17)25-20/h2-5,15-16H,6-14H2,1H3,(H,24,25)(H,26,31). The van der Waals surface area contributed by atoms with Crippen molar-refractivity contribution in [3.8, 4) is 0 Å². The van der Waals surface area contributed by atoms with Crippen LogP contribution in [0.2, 0.25) is 0 Å². The van der Waals surface area contributed by atoms with Gasteiger partial charge in [0.25, 0.3) is 5.91 Å². The van der Waals surface area contributed by atoms with E-state index < -0.39 is 11.6 Å². The van der Waals surface area contributed by atoms with Gasteiger partial charge in [0, 0.05) is 19.0 Å². The van der Waals surface area contributed by atoms with Crippen LogP contribution in [0, 0.1) is 5.92 Å². The number of imidazole rings is 1. The summed E-state index contributed by atoms with van der Waals surface area (Å²) in [5.41, 5.74) is 1.19. The molecule has 3 aliphatic rings. The van der Waals surface area contributed by atoms with Crippen LogP contribution in [0.5, 0.6) is 0 Å². The summed E-state index contributed by atoms with van der Waals surface area (Å²) < 4.78 is 0. The Labute approximate surface area is 181 Å². The van der Waals surface area contributed by atoms with Gasteiger partial charge in [-0.2, -0.15) is 0 Å². The molecule has 1 aromatic carbocycles. The van der Waals surface area contributed by atoms with Gasteiger partial charge in [-0.1, -0.05) is 19.1 Å². The third-order valence-corrected chi connectivity index (χ3v) is 7.31. The highest BCUT2D eigenvalue weighted by Gasteiger charge is 2.52. The first-order chi connectivity index (χ1) is 14.9. The molecule has 31 heavy (non-hydrogen) atoms. The molecule has 1 saturated carbocycles. The summed E-state index contributed by atoms with van der Waals surface area (Å²) in [7, 11) is 0. The van der Waals surface area contributed by atoms with Crippen molar-refractivity contribution in [3.05, 3.63) is 30.1 Å². The topological polar surface area (TPSA) is 98.4 Å². The average Bonchev–Trinajstić information content (AvgIpc) is 3.31. The van der Waals surface area contributed by atoms with E-state index in [0.29, 0.717) is 31.8 Å². The Bertz CT molecular complexity index is 982. The molecule has 2 saturated heterocycles. The van der Waals surface area contributed by atoms with Crippen LogP contribution in [0.25, 0.3) is 11.0 Å². The number of likely N-dealkylation sites (tertiary alicyclic amines) is 1. The maximum atomic E-state index is 13.0. The largest absolute Gasteiger partial charge is 0.342 e. The minimum absolute atomic E-state index is 0.159. The molecular weight excluding hydrogens is 394 g/mol. The minimum Gasteiger partial charge on any atom is -0.342 e. The Morgan fingerprint density at radius 1 is 1.13 bits per heavy atom. The second-order valence-corrected chi connectivity index (χ2v) is 9.38. The zero-order chi connectivity index (χ0) is 21.6. The van der Waals surface area contributed by atoms with Crippen LogP contribution in [-0.2, 0) is 9.59 Å². The molecule has 1 aromatic heterocycles. The lowest BCUT2D eigenvalue weighted by atomic mass is 9.77. The number of para-hydroxylation sites is 2. The Kier molecular flexibility index (Phi) is 4.95. The smallest absolute Gasteiger partial charge is 0.325 e. The van der Waals surface area contributed by atoms with Crippen molar-refractivity contribution >= 4 is 28.9 Å². The van der Waals surface area contributed by atoms with Crippen molar-refractivity contribution in [2.75, 3.05) is 19.6 Å². The Hall–Kier alpha value is -2.90. The number of piperidine rings is 1. The molecule has 164 valence electrons. The summed E-state index contributed by atoms with van der Waals surface area (Å²) in [6, 6.07) is 7.54. The molecule has 2 N–H and O–H groups in total. The van der Waals surface area contributed by atoms with E-state index in [2.05, 4.69) is 17.2 Å². The molecule has 0 atom stereocenters. The van der Waals surface area contributed by atoms with Crippen molar-refractivity contribution < 1.29 is 14.4 Å². The maximum Gasteiger partial charge on any atom is 0.325 e. The molecule has 2 aromatic rings. The number of benzene rings is 1. The van der Waals surface area contributed by atoms with Gasteiger partial charge < -0.3 is 15.2 Å². The highest BCUT2D eigenvalue weighted by atomic mass is 16.2. The third kappa shape index (κ3) is 3.58. The van der Waals surface area contributed by atoms with E-state index in [-0.39, 0.29) is 24.3 Å². The van der Waals surface area contributed by atoms with Gasteiger partial charge in [0.1, 0.15) is 17.9 Å². The van der Waals surface area contributed by atoms with Gasteiger partial charge in [0.15, 0.2) is 0 Å². The molecule has 3 heterocycles. The van der Waals surface area contributed by atoms with Crippen LogP contribution in [0.3, 0.4) is 0 Å². The molecule has 2 aliphatic heterocycles. The maximum absolute atomic E-state index is 13.0. The molecule has 8 heteroatoms. The van der Waals surface area contributed by atoms with Crippen molar-refractivity contribution in [2.24, 2.45) is 5.92 Å². The van der Waals surface area contributed by atoms with Gasteiger partial charge in [-0.25, -0.2) is 9.78 Å². The highest BCUT2D eigenvalue weighted by Crippen LogP contribution is 2.36. The fourth-order valence-electron chi connectivity index (χ4n) is 5.22. The second kappa shape index (κ2) is 7.66. The first kappa shape index (κ1) is 20.0. The zero-order valence-corrected chi connectivity index (χ0v) is 17.9. The number of carbonyl (C=O) groups excluding carboxylic acids is 3. The molecule has 0 bridgehead atoms. The third-order valence-electron chi connectivity index (χ3n) is 7.31. The van der Waals surface area contributed by atoms with Crippen LogP contribution in [0.1, 0.15) is 57.2 Å². The van der Waals surface area contributed by atoms with Crippen molar-refractivity contribution in [1.29, 1.82) is 0 Å². The predicted molar refractivity (Wildman–Crippen MR) is 115 cm³/mol. The Balaban J connectivity index is 1.19. The number of carbonyl (C=O) groups is 3. The van der Waals surface area contributed by atoms with Gasteiger partial charge in [0.2, 0.25) is 5.91 Å². The predicted octanol–water partition coefficient (Wildman–Crippen LogP) is 2.77. The van der Waals surface area contributed by atoms with Crippen LogP contribution in [0.15, 0.2) is 24.3 Å². The van der Waals surface area contributed by atoms with Crippen molar-refractivity contribution in [1.82, 2.24) is 25.1 Å². The summed E-state index contributed by atoms with van der Waals surface area (Å²) in [5, 5.41) is 2.89. The van der Waals surface area contributed by atoms with Crippen LogP contribution < -0.4 is 5.32 Å². The first-order valence-electron chi connectivity index (χ1n) is 11.3. The first-order valence-corrected chi connectivity index (χ1v) is 11.3. The van der Waals surface area contributed by atoms with Gasteiger partial charge in [0.05, 0.1) is 11.0 Å². The number of aromatic amines is 1. The quantitative estimate of drug-likeness (QED) is 0.742. The van der Waals surface area contributed by atoms with Gasteiger partial charge in [-0.15, -0.1) is 0 Å². The average molecular weight is 424 g/mol. The van der Waals surface area contributed by atoms with Crippen LogP contribution in [0.4, 0.5) is 4.79 Å². The number of imide groups is 1. The minimum atomic E-state index is -0.793. The summed E-state index contributed by atoms with van der Waals surface area (Å²) in [4.78, 5) is 49.4. The molecule has 0 radical (unpaired) electrons. The Morgan fingerprint density at radius 3 is 2.55 bits per heavy atom. The lowest BCUT2D eigenvalue weighted by Gasteiger charge is -2.34. The van der Waals surface area contributed by atoms with Gasteiger partial charge >= 0.3 is 6.03 Å². The van der Waals surface area contributed by atoms with E-state index in [1.54, 1.807) is 4.90 Å². The second-order valence-electron chi connectivity index (χ2n) is 9.38.